The van der Waals surface area contributed by atoms with Gasteiger partial charge in [0.2, 0.25) is 5.95 Å². The average Bonchev–Trinajstić information content (AvgIpc) is 3.37. The van der Waals surface area contributed by atoms with Crippen LogP contribution in [0.5, 0.6) is 0 Å². The molecule has 0 unspecified atom stereocenters. The summed E-state index contributed by atoms with van der Waals surface area (Å²) in [6.07, 6.45) is 2.12. The molecule has 2 aromatic heterocycles. The van der Waals surface area contributed by atoms with E-state index in [4.69, 9.17) is 4.74 Å². The average molecular weight is 515 g/mol. The molecule has 4 aromatic rings. The molecule has 1 fully saturated rings. The maximum absolute atomic E-state index is 14.9. The molecule has 0 spiro atoms. The third-order valence-electron chi connectivity index (χ3n) is 7.24. The molecule has 0 bridgehead atoms. The fourth-order valence-corrected chi connectivity index (χ4v) is 5.17. The number of halogens is 1. The number of ether oxygens (including phenoxy) is 1. The van der Waals surface area contributed by atoms with Gasteiger partial charge in [-0.1, -0.05) is 24.3 Å². The lowest BCUT2D eigenvalue weighted by atomic mass is 10.0. The predicted molar refractivity (Wildman–Crippen MR) is 139 cm³/mol. The monoisotopic (exact) mass is 514 g/mol. The fraction of sp³-hybridized carbons (Fsp3) is 0.321. The molecule has 6 rings (SSSR count). The highest BCUT2D eigenvalue weighted by atomic mass is 19.1. The van der Waals surface area contributed by atoms with Crippen molar-refractivity contribution < 1.29 is 13.9 Å². The molecule has 0 saturated carbocycles. The Kier molecular flexibility index (Phi) is 6.32. The van der Waals surface area contributed by atoms with Crippen LogP contribution in [0, 0.1) is 12.7 Å². The summed E-state index contributed by atoms with van der Waals surface area (Å²) in [5.74, 6) is -0.435. The van der Waals surface area contributed by atoms with Gasteiger partial charge in [0, 0.05) is 42.3 Å². The van der Waals surface area contributed by atoms with Gasteiger partial charge in [-0.15, -0.1) is 0 Å². The normalized spacial score (nSPS) is 15.6. The summed E-state index contributed by atoms with van der Waals surface area (Å²) in [6, 6.07) is 12.0. The van der Waals surface area contributed by atoms with Crippen molar-refractivity contribution in [1.82, 2.24) is 25.1 Å². The van der Waals surface area contributed by atoms with E-state index < -0.39 is 11.7 Å². The quantitative estimate of drug-likeness (QED) is 0.419. The van der Waals surface area contributed by atoms with Crippen molar-refractivity contribution in [2.75, 3.05) is 18.5 Å². The number of aryl methyl sites for hydroxylation is 1. The van der Waals surface area contributed by atoms with Gasteiger partial charge < -0.3 is 15.0 Å². The van der Waals surface area contributed by atoms with Crippen LogP contribution in [0.3, 0.4) is 0 Å². The number of nitrogens with one attached hydrogen (secondary N) is 2. The van der Waals surface area contributed by atoms with Crippen LogP contribution in [-0.2, 0) is 24.2 Å². The van der Waals surface area contributed by atoms with Crippen LogP contribution in [0.2, 0.25) is 0 Å². The van der Waals surface area contributed by atoms with Crippen molar-refractivity contribution in [2.45, 2.75) is 45.3 Å². The number of nitrogens with zero attached hydrogens (tertiary/aromatic N) is 4. The van der Waals surface area contributed by atoms with E-state index >= 15 is 0 Å². The van der Waals surface area contributed by atoms with Gasteiger partial charge in [0.1, 0.15) is 5.82 Å². The number of benzene rings is 2. The van der Waals surface area contributed by atoms with Crippen LogP contribution >= 0.6 is 0 Å². The summed E-state index contributed by atoms with van der Waals surface area (Å²) in [6.45, 7) is 3.95. The van der Waals surface area contributed by atoms with Crippen LogP contribution in [0.25, 0.3) is 10.8 Å². The lowest BCUT2D eigenvalue weighted by Gasteiger charge is -2.23. The minimum Gasteiger partial charge on any atom is -0.381 e. The molecular formula is C28H27FN6O3. The summed E-state index contributed by atoms with van der Waals surface area (Å²) in [5.41, 5.74) is 3.58. The highest BCUT2D eigenvalue weighted by Crippen LogP contribution is 2.28. The van der Waals surface area contributed by atoms with Crippen molar-refractivity contribution in [2.24, 2.45) is 0 Å². The zero-order chi connectivity index (χ0) is 26.2. The minimum absolute atomic E-state index is 0.00444. The smallest absolute Gasteiger partial charge is 0.272 e. The number of rotatable bonds is 5. The molecule has 2 aliphatic rings. The number of amides is 1. The van der Waals surface area contributed by atoms with E-state index in [0.29, 0.717) is 43.2 Å². The summed E-state index contributed by atoms with van der Waals surface area (Å²) in [5, 5.41) is 11.4. The Labute approximate surface area is 218 Å². The molecule has 1 saturated heterocycles. The SMILES string of the molecule is Cc1nc(NC2CCOCC2)nc2c1CN(C(=O)c1cc(Cc3n[nH]c(=O)c4ccccc34)ccc1F)C2. The molecule has 0 radical (unpaired) electrons. The lowest BCUT2D eigenvalue weighted by Crippen LogP contribution is -2.29. The maximum atomic E-state index is 14.9. The molecule has 2 aromatic carbocycles. The van der Waals surface area contributed by atoms with Crippen molar-refractivity contribution in [3.05, 3.63) is 92.4 Å². The van der Waals surface area contributed by atoms with Gasteiger partial charge in [0.25, 0.3) is 11.5 Å². The van der Waals surface area contributed by atoms with Crippen LogP contribution in [0.1, 0.15) is 51.4 Å². The zero-order valence-electron chi connectivity index (χ0n) is 21.0. The first-order chi connectivity index (χ1) is 18.5. The minimum atomic E-state index is -0.585. The van der Waals surface area contributed by atoms with E-state index in [1.807, 2.05) is 19.1 Å². The second-order valence-electron chi connectivity index (χ2n) is 9.79. The number of hydrogen-bond acceptors (Lipinski definition) is 7. The number of aromatic amines is 1. The molecular weight excluding hydrogens is 487 g/mol. The van der Waals surface area contributed by atoms with E-state index in [9.17, 15) is 14.0 Å². The Morgan fingerprint density at radius 3 is 2.74 bits per heavy atom. The molecule has 0 aliphatic carbocycles. The first-order valence-electron chi connectivity index (χ1n) is 12.7. The summed E-state index contributed by atoms with van der Waals surface area (Å²) >= 11 is 0. The van der Waals surface area contributed by atoms with Gasteiger partial charge in [-0.3, -0.25) is 9.59 Å². The third kappa shape index (κ3) is 4.63. The van der Waals surface area contributed by atoms with E-state index in [0.717, 1.165) is 40.7 Å². The van der Waals surface area contributed by atoms with Crippen LogP contribution in [-0.4, -0.2) is 50.2 Å². The van der Waals surface area contributed by atoms with E-state index in [-0.39, 0.29) is 23.7 Å². The van der Waals surface area contributed by atoms with Gasteiger partial charge in [0.15, 0.2) is 0 Å². The molecule has 1 amide bonds. The lowest BCUT2D eigenvalue weighted by molar-refractivity contribution is 0.0745. The Hall–Kier alpha value is -4.18. The zero-order valence-corrected chi connectivity index (χ0v) is 21.0. The van der Waals surface area contributed by atoms with Crippen molar-refractivity contribution >= 4 is 22.6 Å². The highest BCUT2D eigenvalue weighted by Gasteiger charge is 2.30. The maximum Gasteiger partial charge on any atom is 0.272 e. The van der Waals surface area contributed by atoms with E-state index in [1.54, 1.807) is 29.2 Å². The molecule has 9 nitrogen and oxygen atoms in total. The van der Waals surface area contributed by atoms with Gasteiger partial charge in [-0.05, 0) is 43.5 Å². The first kappa shape index (κ1) is 24.2. The third-order valence-corrected chi connectivity index (χ3v) is 7.24. The summed E-state index contributed by atoms with van der Waals surface area (Å²) in [7, 11) is 0. The Bertz CT molecular complexity index is 1600. The summed E-state index contributed by atoms with van der Waals surface area (Å²) < 4.78 is 20.3. The van der Waals surface area contributed by atoms with Gasteiger partial charge in [0.05, 0.1) is 35.4 Å². The molecule has 4 heterocycles. The predicted octanol–water partition coefficient (Wildman–Crippen LogP) is 3.50. The topological polar surface area (TPSA) is 113 Å². The van der Waals surface area contributed by atoms with Crippen LogP contribution in [0.4, 0.5) is 10.3 Å². The first-order valence-corrected chi connectivity index (χ1v) is 12.7. The van der Waals surface area contributed by atoms with Crippen LogP contribution < -0.4 is 10.9 Å². The largest absolute Gasteiger partial charge is 0.381 e. The molecule has 2 aliphatic heterocycles. The molecule has 0 atom stereocenters. The van der Waals surface area contributed by atoms with Crippen molar-refractivity contribution in [3.63, 3.8) is 0 Å². The number of aromatic nitrogens is 4. The Morgan fingerprint density at radius 1 is 1.13 bits per heavy atom. The van der Waals surface area contributed by atoms with Crippen molar-refractivity contribution in [3.8, 4) is 0 Å². The molecule has 38 heavy (non-hydrogen) atoms. The van der Waals surface area contributed by atoms with Crippen LogP contribution in [0.15, 0.2) is 47.3 Å². The Balaban J connectivity index is 1.22. The molecule has 2 N–H and O–H groups in total. The second-order valence-corrected chi connectivity index (χ2v) is 9.79. The highest BCUT2D eigenvalue weighted by molar-refractivity contribution is 5.95. The van der Waals surface area contributed by atoms with Gasteiger partial charge in [-0.2, -0.15) is 5.10 Å². The molecule has 194 valence electrons. The summed E-state index contributed by atoms with van der Waals surface area (Å²) in [4.78, 5) is 36.5. The second kappa shape index (κ2) is 9.94. The number of carbonyl (C=O) groups is 1. The number of fused-ring (bicyclic) bond motifs is 2. The number of carbonyl (C=O) groups excluding carboxylic acids is 1. The van der Waals surface area contributed by atoms with Gasteiger partial charge in [-0.25, -0.2) is 19.5 Å². The van der Waals surface area contributed by atoms with E-state index in [2.05, 4.69) is 25.5 Å². The molecule has 10 heteroatoms. The van der Waals surface area contributed by atoms with Crippen molar-refractivity contribution in [1.29, 1.82) is 0 Å². The number of anilines is 1. The van der Waals surface area contributed by atoms with Gasteiger partial charge >= 0.3 is 0 Å². The van der Waals surface area contributed by atoms with E-state index in [1.165, 1.54) is 6.07 Å². The fourth-order valence-electron chi connectivity index (χ4n) is 5.17. The Morgan fingerprint density at radius 2 is 1.92 bits per heavy atom. The standard InChI is InChI=1S/C28H27FN6O3/c1-16-22-14-35(15-25(22)32-28(30-16)31-18-8-10-38-11-9-18)27(37)21-12-17(6-7-23(21)29)13-24-19-4-2-3-5-20(19)26(36)34-33-24/h2-7,12,18H,8-11,13-15H2,1H3,(H,34,36)(H,30,31,32). The number of H-pyrrole nitrogens is 1. The number of hydrogen-bond donors (Lipinski definition) is 2.